The van der Waals surface area contributed by atoms with Crippen molar-refractivity contribution in [3.8, 4) is 0 Å². The van der Waals surface area contributed by atoms with Crippen LogP contribution in [0, 0.1) is 0 Å². The lowest BCUT2D eigenvalue weighted by atomic mass is 10.3. The van der Waals surface area contributed by atoms with Crippen molar-refractivity contribution in [1.82, 2.24) is 15.0 Å². The summed E-state index contributed by atoms with van der Waals surface area (Å²) in [7, 11) is -2.95. The third kappa shape index (κ3) is 3.60. The molecule has 0 radical (unpaired) electrons. The highest BCUT2D eigenvalue weighted by Gasteiger charge is 2.09. The second kappa shape index (κ2) is 4.71. The predicted molar refractivity (Wildman–Crippen MR) is 57.0 cm³/mol. The summed E-state index contributed by atoms with van der Waals surface area (Å²) in [5, 5.41) is 7.63. The van der Waals surface area contributed by atoms with E-state index in [1.54, 1.807) is 20.0 Å². The van der Waals surface area contributed by atoms with Gasteiger partial charge in [-0.05, 0) is 6.92 Å². The highest BCUT2D eigenvalue weighted by Crippen LogP contribution is 2.03. The van der Waals surface area contributed by atoms with Gasteiger partial charge in [-0.15, -0.1) is 5.10 Å². The van der Waals surface area contributed by atoms with Crippen molar-refractivity contribution in [2.45, 2.75) is 26.4 Å². The van der Waals surface area contributed by atoms with Gasteiger partial charge in [0, 0.05) is 11.8 Å². The van der Waals surface area contributed by atoms with Gasteiger partial charge in [0.1, 0.15) is 0 Å². The first-order valence-corrected chi connectivity index (χ1v) is 6.63. The minimum absolute atomic E-state index is 0.0885. The summed E-state index contributed by atoms with van der Waals surface area (Å²) < 4.78 is 24.0. The second-order valence-electron chi connectivity index (χ2n) is 3.43. The molecule has 6 nitrogen and oxygen atoms in total. The number of nitrogens with zero attached hydrogens (tertiary/aromatic N) is 3. The Kier molecular flexibility index (Phi) is 3.81. The van der Waals surface area contributed by atoms with E-state index in [1.165, 1.54) is 4.68 Å². The van der Waals surface area contributed by atoms with E-state index in [1.807, 2.05) is 0 Å². The molecule has 1 rings (SSSR count). The smallest absolute Gasteiger partial charge is 0.151 e. The van der Waals surface area contributed by atoms with E-state index in [0.717, 1.165) is 0 Å². The van der Waals surface area contributed by atoms with Crippen LogP contribution < -0.4 is 5.73 Å². The maximum atomic E-state index is 11.2. The molecule has 0 aliphatic carbocycles. The summed E-state index contributed by atoms with van der Waals surface area (Å²) in [4.78, 5) is 0. The number of nitrogens with two attached hydrogens (primary N) is 1. The topological polar surface area (TPSA) is 90.9 Å². The predicted octanol–water partition coefficient (Wildman–Crippen LogP) is -0.267. The van der Waals surface area contributed by atoms with Crippen molar-refractivity contribution in [1.29, 1.82) is 0 Å². The zero-order valence-electron chi connectivity index (χ0n) is 8.92. The lowest BCUT2D eigenvalue weighted by molar-refractivity contribution is 0.576. The van der Waals surface area contributed by atoms with Gasteiger partial charge in [0.15, 0.2) is 9.84 Å². The Labute approximate surface area is 89.4 Å². The molecule has 2 N–H and O–H groups in total. The molecule has 0 saturated heterocycles. The van der Waals surface area contributed by atoms with Gasteiger partial charge in [0.25, 0.3) is 0 Å². The minimum atomic E-state index is -2.95. The Bertz CT molecular complexity index is 410. The average Bonchev–Trinajstić information content (AvgIpc) is 2.63. The minimum Gasteiger partial charge on any atom is -0.323 e. The largest absolute Gasteiger partial charge is 0.323 e. The van der Waals surface area contributed by atoms with Crippen LogP contribution in [0.4, 0.5) is 0 Å². The Hall–Kier alpha value is -0.950. The van der Waals surface area contributed by atoms with Gasteiger partial charge in [0.05, 0.1) is 24.2 Å². The SMILES string of the molecule is CCS(=O)(=O)CCn1cc(C(C)N)nn1. The normalized spacial score (nSPS) is 14.1. The van der Waals surface area contributed by atoms with Gasteiger partial charge >= 0.3 is 0 Å². The highest BCUT2D eigenvalue weighted by molar-refractivity contribution is 7.91. The molecule has 1 atom stereocenters. The fourth-order valence-corrected chi connectivity index (χ4v) is 1.76. The molecule has 1 unspecified atom stereocenters. The summed E-state index contributed by atoms with van der Waals surface area (Å²) in [6, 6.07) is -0.179. The van der Waals surface area contributed by atoms with Crippen molar-refractivity contribution in [2.75, 3.05) is 11.5 Å². The molecule has 0 aliphatic heterocycles. The van der Waals surface area contributed by atoms with Gasteiger partial charge in [-0.1, -0.05) is 12.1 Å². The molecule has 0 bridgehead atoms. The summed E-state index contributed by atoms with van der Waals surface area (Å²) >= 11 is 0. The molecule has 0 aliphatic rings. The van der Waals surface area contributed by atoms with E-state index < -0.39 is 9.84 Å². The van der Waals surface area contributed by atoms with E-state index in [2.05, 4.69) is 10.3 Å². The molecule has 0 aromatic carbocycles. The van der Waals surface area contributed by atoms with Crippen molar-refractivity contribution in [3.63, 3.8) is 0 Å². The lowest BCUT2D eigenvalue weighted by Gasteiger charge is -2.00. The van der Waals surface area contributed by atoms with Crippen molar-refractivity contribution in [3.05, 3.63) is 11.9 Å². The van der Waals surface area contributed by atoms with Crippen LogP contribution in [-0.2, 0) is 16.4 Å². The standard InChI is InChI=1S/C8H16N4O2S/c1-3-15(13,14)5-4-12-6-8(7(2)9)10-11-12/h6-7H,3-5,9H2,1-2H3. The quantitative estimate of drug-likeness (QED) is 0.754. The molecule has 0 fully saturated rings. The van der Waals surface area contributed by atoms with Gasteiger partial charge < -0.3 is 5.73 Å². The van der Waals surface area contributed by atoms with Gasteiger partial charge in [-0.3, -0.25) is 4.68 Å². The molecule has 86 valence electrons. The van der Waals surface area contributed by atoms with E-state index in [9.17, 15) is 8.42 Å². The molecule has 1 aromatic heterocycles. The van der Waals surface area contributed by atoms with Crippen LogP contribution in [0.15, 0.2) is 6.20 Å². The van der Waals surface area contributed by atoms with E-state index in [0.29, 0.717) is 12.2 Å². The zero-order chi connectivity index (χ0) is 11.5. The molecular weight excluding hydrogens is 216 g/mol. The van der Waals surface area contributed by atoms with Crippen molar-refractivity contribution in [2.24, 2.45) is 5.73 Å². The fraction of sp³-hybridized carbons (Fsp3) is 0.750. The number of aromatic nitrogens is 3. The molecule has 0 spiro atoms. The van der Waals surface area contributed by atoms with E-state index >= 15 is 0 Å². The number of rotatable bonds is 5. The maximum Gasteiger partial charge on any atom is 0.151 e. The zero-order valence-corrected chi connectivity index (χ0v) is 9.74. The van der Waals surface area contributed by atoms with Gasteiger partial charge in [0.2, 0.25) is 0 Å². The maximum absolute atomic E-state index is 11.2. The number of hydrogen-bond donors (Lipinski definition) is 1. The van der Waals surface area contributed by atoms with Crippen LogP contribution in [0.3, 0.4) is 0 Å². The number of hydrogen-bond acceptors (Lipinski definition) is 5. The van der Waals surface area contributed by atoms with Crippen LogP contribution in [0.5, 0.6) is 0 Å². The molecule has 15 heavy (non-hydrogen) atoms. The number of aryl methyl sites for hydroxylation is 1. The van der Waals surface area contributed by atoms with Crippen LogP contribution in [0.1, 0.15) is 25.6 Å². The van der Waals surface area contributed by atoms with Crippen LogP contribution in [0.25, 0.3) is 0 Å². The first-order chi connectivity index (χ1) is 6.94. The third-order valence-electron chi connectivity index (χ3n) is 2.09. The Morgan fingerprint density at radius 1 is 1.60 bits per heavy atom. The van der Waals surface area contributed by atoms with Crippen LogP contribution in [0.2, 0.25) is 0 Å². The number of sulfone groups is 1. The van der Waals surface area contributed by atoms with Crippen LogP contribution >= 0.6 is 0 Å². The average molecular weight is 232 g/mol. The summed E-state index contributed by atoms with van der Waals surface area (Å²) in [5.41, 5.74) is 6.27. The monoisotopic (exact) mass is 232 g/mol. The second-order valence-corrected chi connectivity index (χ2v) is 5.90. The van der Waals surface area contributed by atoms with Crippen molar-refractivity contribution >= 4 is 9.84 Å². The molecule has 0 amide bonds. The third-order valence-corrected chi connectivity index (χ3v) is 3.78. The summed E-state index contributed by atoms with van der Waals surface area (Å²) in [5.74, 6) is 0.243. The molecule has 1 heterocycles. The highest BCUT2D eigenvalue weighted by atomic mass is 32.2. The van der Waals surface area contributed by atoms with Crippen LogP contribution in [-0.4, -0.2) is 34.9 Å². The summed E-state index contributed by atoms with van der Waals surface area (Å²) in [6.45, 7) is 3.76. The first kappa shape index (κ1) is 12.1. The van der Waals surface area contributed by atoms with Crippen molar-refractivity contribution < 1.29 is 8.42 Å². The Balaban J connectivity index is 2.59. The molecule has 0 saturated carbocycles. The van der Waals surface area contributed by atoms with E-state index in [4.69, 9.17) is 5.73 Å². The molecular formula is C8H16N4O2S. The van der Waals surface area contributed by atoms with E-state index in [-0.39, 0.29) is 17.5 Å². The lowest BCUT2D eigenvalue weighted by Crippen LogP contribution is -2.15. The fourth-order valence-electron chi connectivity index (χ4n) is 1.01. The summed E-state index contributed by atoms with van der Waals surface area (Å²) in [6.07, 6.45) is 1.68. The van der Waals surface area contributed by atoms with Gasteiger partial charge in [-0.2, -0.15) is 0 Å². The Morgan fingerprint density at radius 3 is 2.73 bits per heavy atom. The first-order valence-electron chi connectivity index (χ1n) is 4.80. The van der Waals surface area contributed by atoms with Gasteiger partial charge in [-0.25, -0.2) is 8.42 Å². The molecule has 7 heteroatoms. The Morgan fingerprint density at radius 2 is 2.27 bits per heavy atom. The molecule has 1 aromatic rings.